The number of nitrogens with one attached hydrogen (secondary N) is 3. The van der Waals surface area contributed by atoms with Crippen molar-refractivity contribution in [3.05, 3.63) is 53.0 Å². The summed E-state index contributed by atoms with van der Waals surface area (Å²) in [5.41, 5.74) is 2.25. The molecule has 26 heavy (non-hydrogen) atoms. The van der Waals surface area contributed by atoms with Crippen LogP contribution in [0.5, 0.6) is 0 Å². The molecular weight excluding hydrogens is 394 g/mol. The van der Waals surface area contributed by atoms with E-state index in [4.69, 9.17) is 0 Å². The van der Waals surface area contributed by atoms with Crippen molar-refractivity contribution in [1.29, 1.82) is 0 Å². The van der Waals surface area contributed by atoms with Gasteiger partial charge < -0.3 is 16.0 Å². The van der Waals surface area contributed by atoms with Gasteiger partial charge in [-0.05, 0) is 48.9 Å². The molecule has 2 rings (SSSR count). The molecule has 0 bridgehead atoms. The molecular formula is C20H24BrN3O2. The highest BCUT2D eigenvalue weighted by molar-refractivity contribution is 9.10. The van der Waals surface area contributed by atoms with Crippen molar-refractivity contribution >= 4 is 44.8 Å². The van der Waals surface area contributed by atoms with E-state index in [0.29, 0.717) is 6.42 Å². The van der Waals surface area contributed by atoms with Crippen LogP contribution in [0.15, 0.2) is 53.0 Å². The van der Waals surface area contributed by atoms with Crippen LogP contribution in [0.4, 0.5) is 17.1 Å². The van der Waals surface area contributed by atoms with Crippen LogP contribution in [0.2, 0.25) is 0 Å². The summed E-state index contributed by atoms with van der Waals surface area (Å²) >= 11 is 3.36. The Kier molecular flexibility index (Phi) is 8.15. The fraction of sp³-hybridized carbons (Fsp3) is 0.300. The maximum atomic E-state index is 12.0. The van der Waals surface area contributed by atoms with Crippen molar-refractivity contribution in [2.24, 2.45) is 0 Å². The van der Waals surface area contributed by atoms with Gasteiger partial charge in [0, 0.05) is 28.0 Å². The van der Waals surface area contributed by atoms with Gasteiger partial charge in [0.05, 0.1) is 6.54 Å². The standard InChI is InChI=1S/C20H24BrN3O2/c1-2-3-4-8-19(25)24-18-7-5-6-17(13-18)22-14-20(26)23-16-11-9-15(21)10-12-16/h5-7,9-13,22H,2-4,8,14H2,1H3,(H,23,26)(H,24,25). The molecule has 2 amide bonds. The van der Waals surface area contributed by atoms with E-state index in [1.54, 1.807) is 0 Å². The largest absolute Gasteiger partial charge is 0.376 e. The van der Waals surface area contributed by atoms with E-state index in [0.717, 1.165) is 40.8 Å². The van der Waals surface area contributed by atoms with E-state index in [9.17, 15) is 9.59 Å². The van der Waals surface area contributed by atoms with E-state index in [-0.39, 0.29) is 18.4 Å². The van der Waals surface area contributed by atoms with Gasteiger partial charge in [-0.2, -0.15) is 0 Å². The van der Waals surface area contributed by atoms with Crippen LogP contribution in [0.25, 0.3) is 0 Å². The number of halogens is 1. The van der Waals surface area contributed by atoms with Crippen LogP contribution >= 0.6 is 15.9 Å². The molecule has 0 saturated heterocycles. The maximum absolute atomic E-state index is 12.0. The first-order valence-corrected chi connectivity index (χ1v) is 9.55. The minimum absolute atomic E-state index is 0.0172. The summed E-state index contributed by atoms with van der Waals surface area (Å²) in [6.45, 7) is 2.25. The number of benzene rings is 2. The van der Waals surface area contributed by atoms with Gasteiger partial charge in [0.1, 0.15) is 0 Å². The molecule has 3 N–H and O–H groups in total. The molecule has 0 aliphatic heterocycles. The number of unbranched alkanes of at least 4 members (excludes halogenated alkanes) is 2. The summed E-state index contributed by atoms with van der Waals surface area (Å²) in [7, 11) is 0. The van der Waals surface area contributed by atoms with Gasteiger partial charge in [-0.25, -0.2) is 0 Å². The first-order chi connectivity index (χ1) is 12.6. The molecule has 2 aromatic rings. The van der Waals surface area contributed by atoms with Crippen LogP contribution in [0.1, 0.15) is 32.6 Å². The zero-order chi connectivity index (χ0) is 18.8. The number of carbonyl (C=O) groups is 2. The molecule has 0 unspecified atom stereocenters. The molecule has 0 saturated carbocycles. The second-order valence-electron chi connectivity index (χ2n) is 5.99. The molecule has 0 radical (unpaired) electrons. The lowest BCUT2D eigenvalue weighted by atomic mass is 10.2. The van der Waals surface area contributed by atoms with E-state index >= 15 is 0 Å². The minimum atomic E-state index is -0.138. The van der Waals surface area contributed by atoms with Crippen molar-refractivity contribution in [3.63, 3.8) is 0 Å². The summed E-state index contributed by atoms with van der Waals surface area (Å²) in [5.74, 6) is -0.120. The van der Waals surface area contributed by atoms with Gasteiger partial charge in [-0.3, -0.25) is 9.59 Å². The summed E-state index contributed by atoms with van der Waals surface area (Å²) in [6.07, 6.45) is 3.58. The molecule has 0 aliphatic carbocycles. The average Bonchev–Trinajstić information content (AvgIpc) is 2.62. The van der Waals surface area contributed by atoms with E-state index in [1.807, 2.05) is 48.5 Å². The third kappa shape index (κ3) is 7.27. The van der Waals surface area contributed by atoms with Gasteiger partial charge in [-0.1, -0.05) is 41.8 Å². The lowest BCUT2D eigenvalue weighted by Gasteiger charge is -2.10. The molecule has 0 atom stereocenters. The predicted molar refractivity (Wildman–Crippen MR) is 110 cm³/mol. The van der Waals surface area contributed by atoms with Crippen molar-refractivity contribution in [3.8, 4) is 0 Å². The molecule has 0 aromatic heterocycles. The minimum Gasteiger partial charge on any atom is -0.376 e. The number of rotatable bonds is 9. The average molecular weight is 418 g/mol. The SMILES string of the molecule is CCCCCC(=O)Nc1cccc(NCC(=O)Nc2ccc(Br)cc2)c1. The van der Waals surface area contributed by atoms with Gasteiger partial charge in [0.15, 0.2) is 0 Å². The Morgan fingerprint density at radius 2 is 1.58 bits per heavy atom. The van der Waals surface area contributed by atoms with Gasteiger partial charge >= 0.3 is 0 Å². The highest BCUT2D eigenvalue weighted by Crippen LogP contribution is 2.16. The van der Waals surface area contributed by atoms with Gasteiger partial charge in [0.25, 0.3) is 0 Å². The smallest absolute Gasteiger partial charge is 0.243 e. The van der Waals surface area contributed by atoms with Crippen LogP contribution < -0.4 is 16.0 Å². The number of amides is 2. The predicted octanol–water partition coefficient (Wildman–Crippen LogP) is 5.02. The molecule has 5 nitrogen and oxygen atoms in total. The second kappa shape index (κ2) is 10.6. The number of hydrogen-bond acceptors (Lipinski definition) is 3. The van der Waals surface area contributed by atoms with E-state index in [1.165, 1.54) is 0 Å². The topological polar surface area (TPSA) is 70.2 Å². The second-order valence-corrected chi connectivity index (χ2v) is 6.91. The first-order valence-electron chi connectivity index (χ1n) is 8.76. The van der Waals surface area contributed by atoms with Crippen LogP contribution in [-0.2, 0) is 9.59 Å². The Balaban J connectivity index is 1.81. The quantitative estimate of drug-likeness (QED) is 0.501. The summed E-state index contributed by atoms with van der Waals surface area (Å²) in [5, 5.41) is 8.78. The zero-order valence-electron chi connectivity index (χ0n) is 14.8. The van der Waals surface area contributed by atoms with E-state index < -0.39 is 0 Å². The number of carbonyl (C=O) groups excluding carboxylic acids is 2. The van der Waals surface area contributed by atoms with Crippen LogP contribution in [0.3, 0.4) is 0 Å². The van der Waals surface area contributed by atoms with Crippen LogP contribution in [0, 0.1) is 0 Å². The zero-order valence-corrected chi connectivity index (χ0v) is 16.4. The number of hydrogen-bond donors (Lipinski definition) is 3. The van der Waals surface area contributed by atoms with Crippen LogP contribution in [-0.4, -0.2) is 18.4 Å². The Bertz CT molecular complexity index is 732. The Morgan fingerprint density at radius 1 is 0.885 bits per heavy atom. The Labute approximate surface area is 162 Å². The number of anilines is 3. The molecule has 0 spiro atoms. The third-order valence-corrected chi connectivity index (χ3v) is 4.26. The molecule has 6 heteroatoms. The Morgan fingerprint density at radius 3 is 2.31 bits per heavy atom. The summed E-state index contributed by atoms with van der Waals surface area (Å²) in [6, 6.07) is 14.8. The molecule has 0 fully saturated rings. The fourth-order valence-corrected chi connectivity index (χ4v) is 2.65. The molecule has 2 aromatic carbocycles. The fourth-order valence-electron chi connectivity index (χ4n) is 2.39. The third-order valence-electron chi connectivity index (χ3n) is 3.73. The summed E-state index contributed by atoms with van der Waals surface area (Å²) < 4.78 is 0.960. The first kappa shape index (κ1) is 20.0. The lowest BCUT2D eigenvalue weighted by Crippen LogP contribution is -2.21. The normalized spacial score (nSPS) is 10.2. The summed E-state index contributed by atoms with van der Waals surface area (Å²) in [4.78, 5) is 23.9. The lowest BCUT2D eigenvalue weighted by molar-refractivity contribution is -0.116. The van der Waals surface area contributed by atoms with Crippen molar-refractivity contribution < 1.29 is 9.59 Å². The van der Waals surface area contributed by atoms with Crippen molar-refractivity contribution in [2.75, 3.05) is 22.5 Å². The molecule has 0 heterocycles. The van der Waals surface area contributed by atoms with Gasteiger partial charge in [-0.15, -0.1) is 0 Å². The maximum Gasteiger partial charge on any atom is 0.243 e. The highest BCUT2D eigenvalue weighted by Gasteiger charge is 2.05. The monoisotopic (exact) mass is 417 g/mol. The molecule has 138 valence electrons. The van der Waals surface area contributed by atoms with Gasteiger partial charge in [0.2, 0.25) is 11.8 Å². The van der Waals surface area contributed by atoms with Crippen molar-refractivity contribution in [1.82, 2.24) is 0 Å². The van der Waals surface area contributed by atoms with E-state index in [2.05, 4.69) is 38.8 Å². The molecule has 0 aliphatic rings. The van der Waals surface area contributed by atoms with Crippen molar-refractivity contribution in [2.45, 2.75) is 32.6 Å². The Hall–Kier alpha value is -2.34. The highest BCUT2D eigenvalue weighted by atomic mass is 79.9.